The second-order valence-electron chi connectivity index (χ2n) is 6.52. The molecule has 26 heavy (non-hydrogen) atoms. The molecule has 0 spiro atoms. The lowest BCUT2D eigenvalue weighted by atomic mass is 9.92. The average Bonchev–Trinajstić information content (AvgIpc) is 3.06. The summed E-state index contributed by atoms with van der Waals surface area (Å²) in [6.07, 6.45) is 0. The molecule has 1 aliphatic heterocycles. The Hall–Kier alpha value is -3.19. The second kappa shape index (κ2) is 6.27. The first-order chi connectivity index (χ1) is 12.5. The molecule has 0 aliphatic carbocycles. The average molecular weight is 349 g/mol. The highest BCUT2D eigenvalue weighted by Crippen LogP contribution is 2.30. The van der Waals surface area contributed by atoms with Gasteiger partial charge in [-0.15, -0.1) is 0 Å². The van der Waals surface area contributed by atoms with E-state index in [9.17, 15) is 4.79 Å². The number of nitrogens with one attached hydrogen (secondary N) is 2. The van der Waals surface area contributed by atoms with Gasteiger partial charge in [-0.2, -0.15) is 5.10 Å². The number of nitrogens with zero attached hydrogens (tertiary/aromatic N) is 2. The minimum Gasteiger partial charge on any atom is -0.386 e. The first kappa shape index (κ1) is 16.3. The number of H-pyrrole nitrogens is 1. The molecule has 0 saturated carbocycles. The highest BCUT2D eigenvalue weighted by molar-refractivity contribution is 6.11. The summed E-state index contributed by atoms with van der Waals surface area (Å²) in [5, 5.41) is 10.7. The number of carbonyl (C=O) groups excluding carboxylic acids is 1. The van der Waals surface area contributed by atoms with Gasteiger partial charge in [0, 0.05) is 11.1 Å². The molecule has 7 heteroatoms. The van der Waals surface area contributed by atoms with E-state index in [0.29, 0.717) is 30.4 Å². The first-order valence-corrected chi connectivity index (χ1v) is 8.32. The number of amidine groups is 1. The lowest BCUT2D eigenvalue weighted by Gasteiger charge is -2.30. The van der Waals surface area contributed by atoms with Gasteiger partial charge in [0.2, 0.25) is 0 Å². The topological polar surface area (TPSA) is 105 Å². The van der Waals surface area contributed by atoms with Crippen LogP contribution in [0.3, 0.4) is 0 Å². The number of ether oxygens (including phenoxy) is 1. The summed E-state index contributed by atoms with van der Waals surface area (Å²) >= 11 is 0. The summed E-state index contributed by atoms with van der Waals surface area (Å²) in [6, 6.07) is 15.1. The maximum Gasteiger partial charge on any atom is 0.276 e. The third-order valence-corrected chi connectivity index (χ3v) is 4.45. The summed E-state index contributed by atoms with van der Waals surface area (Å²) in [5.74, 6) is 0.198. The van der Waals surface area contributed by atoms with Gasteiger partial charge >= 0.3 is 0 Å². The number of nitrogens with two attached hydrogens (primary N) is 1. The number of benzene rings is 2. The number of hydrogen-bond acceptors (Lipinski definition) is 5. The van der Waals surface area contributed by atoms with E-state index in [4.69, 9.17) is 10.5 Å². The number of rotatable bonds is 3. The largest absolute Gasteiger partial charge is 0.386 e. The van der Waals surface area contributed by atoms with Gasteiger partial charge in [0.15, 0.2) is 5.69 Å². The Morgan fingerprint density at radius 3 is 2.96 bits per heavy atom. The highest BCUT2D eigenvalue weighted by atomic mass is 16.5. The molecule has 7 nitrogen and oxygen atoms in total. The summed E-state index contributed by atoms with van der Waals surface area (Å²) < 4.78 is 5.52. The number of anilines is 1. The molecule has 4 N–H and O–H groups in total. The van der Waals surface area contributed by atoms with Gasteiger partial charge in [0.05, 0.1) is 12.1 Å². The summed E-state index contributed by atoms with van der Waals surface area (Å²) in [7, 11) is 0. The van der Waals surface area contributed by atoms with Crippen LogP contribution in [0.15, 0.2) is 53.5 Å². The molecule has 0 fully saturated rings. The zero-order chi connectivity index (χ0) is 18.1. The van der Waals surface area contributed by atoms with Gasteiger partial charge in [0.25, 0.3) is 5.91 Å². The molecule has 2 aromatic carbocycles. The summed E-state index contributed by atoms with van der Waals surface area (Å²) in [6.45, 7) is 2.74. The van der Waals surface area contributed by atoms with Crippen LogP contribution in [0.4, 0.5) is 5.69 Å². The van der Waals surface area contributed by atoms with Crippen molar-refractivity contribution in [1.29, 1.82) is 0 Å². The third-order valence-electron chi connectivity index (χ3n) is 4.45. The van der Waals surface area contributed by atoms with Gasteiger partial charge in [-0.3, -0.25) is 14.9 Å². The van der Waals surface area contributed by atoms with Crippen molar-refractivity contribution in [1.82, 2.24) is 10.2 Å². The van der Waals surface area contributed by atoms with Crippen LogP contribution < -0.4 is 11.1 Å². The van der Waals surface area contributed by atoms with E-state index in [1.807, 2.05) is 55.5 Å². The fourth-order valence-corrected chi connectivity index (χ4v) is 3.14. The number of carbonyl (C=O) groups is 1. The molecule has 4 rings (SSSR count). The van der Waals surface area contributed by atoms with Crippen LogP contribution in [0.2, 0.25) is 0 Å². The second-order valence-corrected chi connectivity index (χ2v) is 6.52. The van der Waals surface area contributed by atoms with E-state index in [1.165, 1.54) is 0 Å². The Labute approximate surface area is 150 Å². The van der Waals surface area contributed by atoms with Gasteiger partial charge < -0.3 is 15.8 Å². The molecular formula is C19H19N5O2. The van der Waals surface area contributed by atoms with Crippen molar-refractivity contribution in [2.75, 3.05) is 18.5 Å². The normalized spacial score (nSPS) is 20.0. The van der Waals surface area contributed by atoms with Gasteiger partial charge in [0.1, 0.15) is 18.0 Å². The minimum atomic E-state index is -0.567. The Balaban J connectivity index is 1.61. The number of aromatic amines is 1. The third kappa shape index (κ3) is 2.93. The molecular weight excluding hydrogens is 330 g/mol. The Bertz CT molecular complexity index is 1010. The number of fused-ring (bicyclic) bond motifs is 1. The Morgan fingerprint density at radius 1 is 1.27 bits per heavy atom. The van der Waals surface area contributed by atoms with Crippen molar-refractivity contribution in [2.24, 2.45) is 10.7 Å². The molecule has 0 bridgehead atoms. The summed E-state index contributed by atoms with van der Waals surface area (Å²) in [4.78, 5) is 17.2. The molecule has 0 saturated heterocycles. The SMILES string of the molecule is CC1(c2cccc(NC(=O)c3n[nH]c4ccccc34)c2)COCC(N)=N1. The van der Waals surface area contributed by atoms with E-state index in [0.717, 1.165) is 16.5 Å². The van der Waals surface area contributed by atoms with E-state index in [1.54, 1.807) is 0 Å². The van der Waals surface area contributed by atoms with E-state index in [2.05, 4.69) is 20.5 Å². The van der Waals surface area contributed by atoms with Crippen LogP contribution in [-0.2, 0) is 10.3 Å². The number of para-hydroxylation sites is 1. The molecule has 1 aromatic heterocycles. The maximum absolute atomic E-state index is 12.6. The Morgan fingerprint density at radius 2 is 2.12 bits per heavy atom. The maximum atomic E-state index is 12.6. The minimum absolute atomic E-state index is 0.271. The van der Waals surface area contributed by atoms with Crippen molar-refractivity contribution in [3.8, 4) is 0 Å². The molecule has 132 valence electrons. The van der Waals surface area contributed by atoms with E-state index in [-0.39, 0.29) is 5.91 Å². The zero-order valence-electron chi connectivity index (χ0n) is 14.3. The van der Waals surface area contributed by atoms with Gasteiger partial charge in [-0.25, -0.2) is 0 Å². The smallest absolute Gasteiger partial charge is 0.276 e. The molecule has 1 aliphatic rings. The molecule has 3 aromatic rings. The van der Waals surface area contributed by atoms with Gasteiger partial charge in [-0.1, -0.05) is 30.3 Å². The molecule has 1 amide bonds. The van der Waals surface area contributed by atoms with Crippen LogP contribution in [0, 0.1) is 0 Å². The lowest BCUT2D eigenvalue weighted by molar-refractivity contribution is 0.102. The lowest BCUT2D eigenvalue weighted by Crippen LogP contribution is -2.37. The number of aliphatic imine (C=N–C) groups is 1. The monoisotopic (exact) mass is 349 g/mol. The van der Waals surface area contributed by atoms with E-state index < -0.39 is 5.54 Å². The van der Waals surface area contributed by atoms with Crippen molar-refractivity contribution in [3.05, 3.63) is 59.8 Å². The number of amides is 1. The van der Waals surface area contributed by atoms with Crippen LogP contribution in [0.25, 0.3) is 10.9 Å². The predicted octanol–water partition coefficient (Wildman–Crippen LogP) is 2.42. The van der Waals surface area contributed by atoms with Crippen LogP contribution >= 0.6 is 0 Å². The highest BCUT2D eigenvalue weighted by Gasteiger charge is 2.30. The predicted molar refractivity (Wildman–Crippen MR) is 100 cm³/mol. The van der Waals surface area contributed by atoms with Crippen molar-refractivity contribution in [2.45, 2.75) is 12.5 Å². The molecule has 1 unspecified atom stereocenters. The van der Waals surface area contributed by atoms with Crippen LogP contribution in [0.5, 0.6) is 0 Å². The zero-order valence-corrected chi connectivity index (χ0v) is 14.3. The molecule has 0 radical (unpaired) electrons. The molecule has 2 heterocycles. The van der Waals surface area contributed by atoms with Crippen molar-refractivity contribution in [3.63, 3.8) is 0 Å². The number of hydrogen-bond donors (Lipinski definition) is 3. The van der Waals surface area contributed by atoms with E-state index >= 15 is 0 Å². The van der Waals surface area contributed by atoms with Gasteiger partial charge in [-0.05, 0) is 30.7 Å². The number of aromatic nitrogens is 2. The standard InChI is InChI=1S/C19H19N5O2/c1-19(11-26-10-16(20)22-19)12-5-4-6-13(9-12)21-18(25)17-14-7-2-3-8-15(14)23-24-17/h2-9H,10-11H2,1H3,(H2,20,22)(H,21,25)(H,23,24). The quantitative estimate of drug-likeness (QED) is 0.675. The van der Waals surface area contributed by atoms with Crippen molar-refractivity contribution < 1.29 is 9.53 Å². The summed E-state index contributed by atoms with van der Waals surface area (Å²) in [5.41, 5.74) is 8.03. The van der Waals surface area contributed by atoms with Crippen LogP contribution in [-0.4, -0.2) is 35.2 Å². The first-order valence-electron chi connectivity index (χ1n) is 8.32. The molecule has 1 atom stereocenters. The van der Waals surface area contributed by atoms with Crippen molar-refractivity contribution >= 4 is 28.3 Å². The Kier molecular flexibility index (Phi) is 3.93. The fourth-order valence-electron chi connectivity index (χ4n) is 3.14. The fraction of sp³-hybridized carbons (Fsp3) is 0.211. The van der Waals surface area contributed by atoms with Crippen LogP contribution in [0.1, 0.15) is 23.0 Å².